The molecular formula is C12H15N7. The number of aryl methyl sites for hydroxylation is 1. The van der Waals surface area contributed by atoms with Gasteiger partial charge in [-0.1, -0.05) is 6.92 Å². The largest absolute Gasteiger partial charge is 0.382 e. The van der Waals surface area contributed by atoms with E-state index in [-0.39, 0.29) is 5.82 Å². The van der Waals surface area contributed by atoms with Crippen LogP contribution in [0.1, 0.15) is 24.6 Å². The van der Waals surface area contributed by atoms with Crippen LogP contribution in [0, 0.1) is 18.3 Å². The molecule has 0 fully saturated rings. The molecule has 0 atom stereocenters. The Hall–Kier alpha value is -2.62. The summed E-state index contributed by atoms with van der Waals surface area (Å²) in [6.07, 6.45) is 0.933. The molecule has 2 heterocycles. The van der Waals surface area contributed by atoms with Crippen molar-refractivity contribution in [2.45, 2.75) is 20.3 Å². The van der Waals surface area contributed by atoms with E-state index in [2.05, 4.69) is 26.7 Å². The molecule has 0 radical (unpaired) electrons. The Kier molecular flexibility index (Phi) is 3.61. The van der Waals surface area contributed by atoms with Crippen LogP contribution in [0.25, 0.3) is 5.82 Å². The molecule has 0 amide bonds. The van der Waals surface area contributed by atoms with Crippen LogP contribution in [0.4, 0.5) is 11.6 Å². The normalized spacial score (nSPS) is 10.2. The molecule has 19 heavy (non-hydrogen) atoms. The Bertz CT molecular complexity index is 606. The van der Waals surface area contributed by atoms with Gasteiger partial charge in [-0.3, -0.25) is 0 Å². The summed E-state index contributed by atoms with van der Waals surface area (Å²) in [6.45, 7) is 4.60. The molecule has 7 nitrogen and oxygen atoms in total. The number of rotatable bonds is 4. The van der Waals surface area contributed by atoms with Crippen molar-refractivity contribution in [3.63, 3.8) is 0 Å². The Balaban J connectivity index is 2.44. The number of nitrogens with one attached hydrogen (secondary N) is 1. The Labute approximate surface area is 111 Å². The molecule has 0 saturated carbocycles. The van der Waals surface area contributed by atoms with Crippen molar-refractivity contribution >= 4 is 11.6 Å². The van der Waals surface area contributed by atoms with Gasteiger partial charge in [0.05, 0.1) is 5.69 Å². The molecule has 0 saturated heterocycles. The van der Waals surface area contributed by atoms with Gasteiger partial charge in [0.2, 0.25) is 0 Å². The first kappa shape index (κ1) is 12.8. The van der Waals surface area contributed by atoms with Crippen LogP contribution >= 0.6 is 0 Å². The smallest absolute Gasteiger partial charge is 0.178 e. The first-order valence-electron chi connectivity index (χ1n) is 6.00. The molecule has 2 aromatic rings. The van der Waals surface area contributed by atoms with Gasteiger partial charge in [0.25, 0.3) is 0 Å². The van der Waals surface area contributed by atoms with E-state index >= 15 is 0 Å². The maximum Gasteiger partial charge on any atom is 0.178 e. The topological polar surface area (TPSA) is 105 Å². The average Bonchev–Trinajstić information content (AvgIpc) is 2.73. The number of anilines is 2. The van der Waals surface area contributed by atoms with Crippen LogP contribution in [0.2, 0.25) is 0 Å². The minimum atomic E-state index is 0.263. The van der Waals surface area contributed by atoms with Gasteiger partial charge in [-0.25, -0.2) is 0 Å². The highest BCUT2D eigenvalue weighted by molar-refractivity contribution is 5.65. The minimum absolute atomic E-state index is 0.263. The maximum absolute atomic E-state index is 9.14. The number of nitriles is 1. The number of nitrogen functional groups attached to an aromatic ring is 1. The third-order valence-electron chi connectivity index (χ3n) is 2.58. The summed E-state index contributed by atoms with van der Waals surface area (Å²) in [5.74, 6) is 1.23. The zero-order valence-electron chi connectivity index (χ0n) is 10.9. The lowest BCUT2D eigenvalue weighted by molar-refractivity contribution is 0.812. The highest BCUT2D eigenvalue weighted by Gasteiger charge is 2.16. The molecule has 0 unspecified atom stereocenters. The predicted molar refractivity (Wildman–Crippen MR) is 71.8 cm³/mol. The molecule has 98 valence electrons. The molecule has 0 aromatic carbocycles. The fraction of sp³-hybridized carbons (Fsp3) is 0.333. The quantitative estimate of drug-likeness (QED) is 0.853. The van der Waals surface area contributed by atoms with Gasteiger partial charge in [-0.15, -0.1) is 10.2 Å². The SMILES string of the molecule is CCCNc1nn(-c2ccc(C)nn2)c(N)c1C#N. The zero-order chi connectivity index (χ0) is 13.8. The fourth-order valence-electron chi connectivity index (χ4n) is 1.59. The zero-order valence-corrected chi connectivity index (χ0v) is 10.9. The summed E-state index contributed by atoms with van der Waals surface area (Å²) in [6, 6.07) is 5.63. The highest BCUT2D eigenvalue weighted by Crippen LogP contribution is 2.22. The second-order valence-electron chi connectivity index (χ2n) is 4.09. The highest BCUT2D eigenvalue weighted by atomic mass is 15.4. The molecule has 3 N–H and O–H groups in total. The minimum Gasteiger partial charge on any atom is -0.382 e. The van der Waals surface area contributed by atoms with Gasteiger partial charge in [0, 0.05) is 6.54 Å². The van der Waals surface area contributed by atoms with E-state index in [1.54, 1.807) is 6.07 Å². The van der Waals surface area contributed by atoms with Crippen molar-refractivity contribution < 1.29 is 0 Å². The first-order chi connectivity index (χ1) is 9.17. The van der Waals surface area contributed by atoms with Crippen LogP contribution < -0.4 is 11.1 Å². The summed E-state index contributed by atoms with van der Waals surface area (Å²) < 4.78 is 1.42. The van der Waals surface area contributed by atoms with E-state index in [1.165, 1.54) is 4.68 Å². The van der Waals surface area contributed by atoms with Gasteiger partial charge in [0.1, 0.15) is 17.5 Å². The van der Waals surface area contributed by atoms with E-state index < -0.39 is 0 Å². The lowest BCUT2D eigenvalue weighted by Gasteiger charge is -2.01. The maximum atomic E-state index is 9.14. The Morgan fingerprint density at radius 1 is 1.42 bits per heavy atom. The molecule has 2 aromatic heterocycles. The van der Waals surface area contributed by atoms with Crippen molar-refractivity contribution in [3.05, 3.63) is 23.4 Å². The van der Waals surface area contributed by atoms with E-state index in [9.17, 15) is 0 Å². The van der Waals surface area contributed by atoms with Crippen molar-refractivity contribution in [3.8, 4) is 11.9 Å². The van der Waals surface area contributed by atoms with Crippen molar-refractivity contribution in [2.75, 3.05) is 17.6 Å². The van der Waals surface area contributed by atoms with Crippen LogP contribution in [-0.4, -0.2) is 26.5 Å². The second-order valence-corrected chi connectivity index (χ2v) is 4.09. The van der Waals surface area contributed by atoms with Crippen molar-refractivity contribution in [1.29, 1.82) is 5.26 Å². The molecule has 0 aliphatic carbocycles. The van der Waals surface area contributed by atoms with E-state index in [4.69, 9.17) is 11.0 Å². The number of hydrogen-bond donors (Lipinski definition) is 2. The standard InChI is InChI=1S/C12H15N7/c1-3-6-15-12-9(7-13)11(14)19(18-12)10-5-4-8(2)16-17-10/h4-5H,3,6,14H2,1-2H3,(H,15,18). The summed E-state index contributed by atoms with van der Waals surface area (Å²) in [4.78, 5) is 0. The summed E-state index contributed by atoms with van der Waals surface area (Å²) in [5.41, 5.74) is 7.06. The van der Waals surface area contributed by atoms with Crippen molar-refractivity contribution in [1.82, 2.24) is 20.0 Å². The van der Waals surface area contributed by atoms with Crippen LogP contribution in [0.5, 0.6) is 0 Å². The van der Waals surface area contributed by atoms with Crippen molar-refractivity contribution in [2.24, 2.45) is 0 Å². The number of nitrogens with two attached hydrogens (primary N) is 1. The molecule has 0 spiro atoms. The average molecular weight is 257 g/mol. The van der Waals surface area contributed by atoms with Gasteiger partial charge in [-0.2, -0.15) is 15.0 Å². The molecule has 0 aliphatic rings. The van der Waals surface area contributed by atoms with E-state index in [1.807, 2.05) is 19.9 Å². The summed E-state index contributed by atoms with van der Waals surface area (Å²) >= 11 is 0. The molecule has 0 aliphatic heterocycles. The van der Waals surface area contributed by atoms with Crippen LogP contribution in [0.15, 0.2) is 12.1 Å². The third kappa shape index (κ3) is 2.47. The third-order valence-corrected chi connectivity index (χ3v) is 2.58. The van der Waals surface area contributed by atoms with Gasteiger partial charge in [0.15, 0.2) is 11.6 Å². The molecule has 0 bridgehead atoms. The first-order valence-corrected chi connectivity index (χ1v) is 6.00. The van der Waals surface area contributed by atoms with Crippen LogP contribution in [-0.2, 0) is 0 Å². The molecule has 7 heteroatoms. The van der Waals surface area contributed by atoms with Gasteiger partial charge in [-0.05, 0) is 25.5 Å². The predicted octanol–water partition coefficient (Wildman–Crippen LogP) is 1.25. The van der Waals surface area contributed by atoms with Gasteiger partial charge < -0.3 is 11.1 Å². The lowest BCUT2D eigenvalue weighted by Crippen LogP contribution is -2.06. The van der Waals surface area contributed by atoms with E-state index in [0.717, 1.165) is 18.7 Å². The fourth-order valence-corrected chi connectivity index (χ4v) is 1.59. The number of nitrogens with zero attached hydrogens (tertiary/aromatic N) is 5. The summed E-state index contributed by atoms with van der Waals surface area (Å²) in [5, 5.41) is 24.5. The number of hydrogen-bond acceptors (Lipinski definition) is 6. The Morgan fingerprint density at radius 3 is 2.79 bits per heavy atom. The lowest BCUT2D eigenvalue weighted by atomic mass is 10.3. The van der Waals surface area contributed by atoms with Crippen LogP contribution in [0.3, 0.4) is 0 Å². The Morgan fingerprint density at radius 2 is 2.21 bits per heavy atom. The van der Waals surface area contributed by atoms with E-state index in [0.29, 0.717) is 17.2 Å². The number of aromatic nitrogens is 4. The molecule has 2 rings (SSSR count). The summed E-state index contributed by atoms with van der Waals surface area (Å²) in [7, 11) is 0. The molecular weight excluding hydrogens is 242 g/mol. The van der Waals surface area contributed by atoms with Gasteiger partial charge >= 0.3 is 0 Å². The monoisotopic (exact) mass is 257 g/mol. The second kappa shape index (κ2) is 5.35.